The topological polar surface area (TPSA) is 106 Å². The second-order valence-electron chi connectivity index (χ2n) is 6.75. The van der Waals surface area contributed by atoms with Crippen LogP contribution < -0.4 is 5.32 Å². The number of aromatic nitrogens is 5. The molecule has 154 valence electrons. The second kappa shape index (κ2) is 8.95. The maximum absolute atomic E-state index is 11.7. The number of piperazine rings is 1. The fourth-order valence-electron chi connectivity index (χ4n) is 3.36. The van der Waals surface area contributed by atoms with E-state index in [1.54, 1.807) is 35.1 Å². The standard InChI is InChI=1S/C18H21N7O2S.ClH/c1-28(26,27)16-6-4-15(5-7-16)25-18(21-22-23-25)13-24-10-9-20-12-17(24)14-3-2-8-19-11-14;/h2-8,11,17,20H,9-10,12-13H2,1H3;1H. The molecule has 0 saturated carbocycles. The van der Waals surface area contributed by atoms with Crippen LogP contribution in [0.3, 0.4) is 0 Å². The van der Waals surface area contributed by atoms with Crippen LogP contribution in [0.2, 0.25) is 0 Å². The van der Waals surface area contributed by atoms with Gasteiger partial charge in [-0.2, -0.15) is 4.68 Å². The summed E-state index contributed by atoms with van der Waals surface area (Å²) in [6.45, 7) is 3.15. The van der Waals surface area contributed by atoms with Crippen LogP contribution in [-0.4, -0.2) is 64.4 Å². The summed E-state index contributed by atoms with van der Waals surface area (Å²) in [7, 11) is -3.24. The van der Waals surface area contributed by atoms with Gasteiger partial charge in [0.1, 0.15) is 0 Å². The molecule has 1 fully saturated rings. The van der Waals surface area contributed by atoms with E-state index in [1.165, 1.54) is 6.26 Å². The van der Waals surface area contributed by atoms with Gasteiger partial charge >= 0.3 is 0 Å². The number of nitrogens with one attached hydrogen (secondary N) is 1. The molecule has 0 aliphatic carbocycles. The van der Waals surface area contributed by atoms with Gasteiger partial charge in [-0.3, -0.25) is 9.88 Å². The number of pyridine rings is 1. The highest BCUT2D eigenvalue weighted by atomic mass is 35.5. The Bertz CT molecular complexity index is 1040. The van der Waals surface area contributed by atoms with Crippen molar-refractivity contribution in [1.82, 2.24) is 35.4 Å². The van der Waals surface area contributed by atoms with E-state index in [4.69, 9.17) is 0 Å². The minimum Gasteiger partial charge on any atom is -0.314 e. The molecule has 0 spiro atoms. The first kappa shape index (κ1) is 21.3. The Morgan fingerprint density at radius 3 is 2.69 bits per heavy atom. The fraction of sp³-hybridized carbons (Fsp3) is 0.333. The molecule has 0 amide bonds. The van der Waals surface area contributed by atoms with Crippen molar-refractivity contribution in [2.45, 2.75) is 17.5 Å². The number of hydrogen-bond acceptors (Lipinski definition) is 8. The van der Waals surface area contributed by atoms with E-state index in [0.29, 0.717) is 12.4 Å². The van der Waals surface area contributed by atoms with Crippen LogP contribution in [0.25, 0.3) is 5.69 Å². The van der Waals surface area contributed by atoms with Gasteiger partial charge in [-0.1, -0.05) is 6.07 Å². The third-order valence-electron chi connectivity index (χ3n) is 4.81. The molecule has 1 saturated heterocycles. The van der Waals surface area contributed by atoms with Gasteiger partial charge in [0.2, 0.25) is 0 Å². The molecule has 1 aliphatic heterocycles. The Hall–Kier alpha value is -2.40. The van der Waals surface area contributed by atoms with Crippen LogP contribution in [0.1, 0.15) is 17.4 Å². The van der Waals surface area contributed by atoms with Gasteiger partial charge in [0.05, 0.1) is 17.1 Å². The molecular formula is C18H22ClN7O2S. The van der Waals surface area contributed by atoms with Gasteiger partial charge in [0, 0.05) is 44.3 Å². The molecule has 29 heavy (non-hydrogen) atoms. The molecule has 11 heteroatoms. The lowest BCUT2D eigenvalue weighted by atomic mass is 10.1. The highest BCUT2D eigenvalue weighted by molar-refractivity contribution is 7.90. The fourth-order valence-corrected chi connectivity index (χ4v) is 3.99. The predicted octanol–water partition coefficient (Wildman–Crippen LogP) is 1.03. The first-order valence-corrected chi connectivity index (χ1v) is 10.8. The number of sulfone groups is 1. The summed E-state index contributed by atoms with van der Waals surface area (Å²) in [4.78, 5) is 6.82. The van der Waals surface area contributed by atoms with Gasteiger partial charge in [0.15, 0.2) is 15.7 Å². The molecule has 3 heterocycles. The van der Waals surface area contributed by atoms with Crippen molar-refractivity contribution in [3.8, 4) is 5.69 Å². The minimum atomic E-state index is -3.24. The lowest BCUT2D eigenvalue weighted by Crippen LogP contribution is -2.45. The van der Waals surface area contributed by atoms with Crippen LogP contribution in [0, 0.1) is 0 Å². The number of halogens is 1. The van der Waals surface area contributed by atoms with E-state index in [2.05, 4.69) is 36.8 Å². The first-order chi connectivity index (χ1) is 13.5. The van der Waals surface area contributed by atoms with Crippen molar-refractivity contribution in [1.29, 1.82) is 0 Å². The smallest absolute Gasteiger partial charge is 0.175 e. The average molecular weight is 436 g/mol. The summed E-state index contributed by atoms with van der Waals surface area (Å²) in [6.07, 6.45) is 4.84. The summed E-state index contributed by atoms with van der Waals surface area (Å²) in [5.41, 5.74) is 1.87. The number of rotatable bonds is 5. The van der Waals surface area contributed by atoms with Gasteiger partial charge in [-0.05, 0) is 46.3 Å². The summed E-state index contributed by atoms with van der Waals surface area (Å²) in [5.74, 6) is 0.697. The molecule has 4 rings (SSSR count). The van der Waals surface area contributed by atoms with E-state index in [1.807, 2.05) is 12.3 Å². The molecule has 1 aliphatic rings. The molecular weight excluding hydrogens is 414 g/mol. The molecule has 1 aromatic carbocycles. The zero-order valence-electron chi connectivity index (χ0n) is 15.8. The molecule has 1 unspecified atom stereocenters. The third-order valence-corrected chi connectivity index (χ3v) is 5.94. The van der Waals surface area contributed by atoms with Crippen LogP contribution in [0.5, 0.6) is 0 Å². The van der Waals surface area contributed by atoms with E-state index < -0.39 is 9.84 Å². The minimum absolute atomic E-state index is 0. The van der Waals surface area contributed by atoms with Crippen LogP contribution in [0.15, 0.2) is 53.7 Å². The van der Waals surface area contributed by atoms with Crippen LogP contribution in [-0.2, 0) is 16.4 Å². The van der Waals surface area contributed by atoms with Crippen molar-refractivity contribution in [2.24, 2.45) is 0 Å². The van der Waals surface area contributed by atoms with E-state index >= 15 is 0 Å². The number of nitrogens with zero attached hydrogens (tertiary/aromatic N) is 6. The Balaban J connectivity index is 0.00000240. The van der Waals surface area contributed by atoms with Crippen LogP contribution >= 0.6 is 12.4 Å². The quantitative estimate of drug-likeness (QED) is 0.633. The van der Waals surface area contributed by atoms with Crippen molar-refractivity contribution in [3.05, 3.63) is 60.2 Å². The Morgan fingerprint density at radius 1 is 1.21 bits per heavy atom. The van der Waals surface area contributed by atoms with Gasteiger partial charge in [-0.25, -0.2) is 8.42 Å². The van der Waals surface area contributed by atoms with E-state index in [-0.39, 0.29) is 23.3 Å². The Morgan fingerprint density at radius 2 is 2.00 bits per heavy atom. The number of hydrogen-bond donors (Lipinski definition) is 1. The highest BCUT2D eigenvalue weighted by Crippen LogP contribution is 2.23. The van der Waals surface area contributed by atoms with E-state index in [0.717, 1.165) is 30.9 Å². The van der Waals surface area contributed by atoms with Crippen molar-refractivity contribution < 1.29 is 8.42 Å². The first-order valence-electron chi connectivity index (χ1n) is 8.95. The van der Waals surface area contributed by atoms with Crippen molar-refractivity contribution in [2.75, 3.05) is 25.9 Å². The molecule has 1 atom stereocenters. The Labute approximate surface area is 175 Å². The normalized spacial score (nSPS) is 17.6. The van der Waals surface area contributed by atoms with Crippen LogP contribution in [0.4, 0.5) is 0 Å². The maximum atomic E-state index is 11.7. The average Bonchev–Trinajstić information content (AvgIpc) is 3.17. The highest BCUT2D eigenvalue weighted by Gasteiger charge is 2.26. The molecule has 3 aromatic rings. The summed E-state index contributed by atoms with van der Waals surface area (Å²) >= 11 is 0. The van der Waals surface area contributed by atoms with Gasteiger partial charge in [0.25, 0.3) is 0 Å². The number of tetrazole rings is 1. The van der Waals surface area contributed by atoms with Crippen molar-refractivity contribution in [3.63, 3.8) is 0 Å². The molecule has 0 bridgehead atoms. The number of benzene rings is 1. The third kappa shape index (κ3) is 4.78. The molecule has 2 aromatic heterocycles. The zero-order chi connectivity index (χ0) is 19.6. The largest absolute Gasteiger partial charge is 0.314 e. The predicted molar refractivity (Wildman–Crippen MR) is 110 cm³/mol. The van der Waals surface area contributed by atoms with Gasteiger partial charge in [-0.15, -0.1) is 17.5 Å². The summed E-state index contributed by atoms with van der Waals surface area (Å²) < 4.78 is 25.0. The lowest BCUT2D eigenvalue weighted by Gasteiger charge is -2.35. The molecule has 1 N–H and O–H groups in total. The SMILES string of the molecule is CS(=O)(=O)c1ccc(-n2nnnc2CN2CCNCC2c2cccnc2)cc1.Cl. The van der Waals surface area contributed by atoms with Gasteiger partial charge < -0.3 is 5.32 Å². The van der Waals surface area contributed by atoms with E-state index in [9.17, 15) is 8.42 Å². The molecule has 9 nitrogen and oxygen atoms in total. The monoisotopic (exact) mass is 435 g/mol. The second-order valence-corrected chi connectivity index (χ2v) is 8.77. The maximum Gasteiger partial charge on any atom is 0.175 e. The summed E-state index contributed by atoms with van der Waals surface area (Å²) in [5, 5.41) is 15.5. The molecule has 0 radical (unpaired) electrons. The van der Waals surface area contributed by atoms with Crippen molar-refractivity contribution >= 4 is 22.2 Å². The zero-order valence-corrected chi connectivity index (χ0v) is 17.5. The Kier molecular flexibility index (Phi) is 6.58. The summed E-state index contributed by atoms with van der Waals surface area (Å²) in [6, 6.07) is 10.8. The lowest BCUT2D eigenvalue weighted by molar-refractivity contribution is 0.148.